The first kappa shape index (κ1) is 20.2. The second-order valence-corrected chi connectivity index (χ2v) is 6.55. The zero-order chi connectivity index (χ0) is 14.8. The maximum Gasteiger partial charge on any atom is 0.270 e. The molecule has 1 saturated carbocycles. The SMILES string of the molecule is Cl.Cl.NC(CNC(=O)c1csc(-c2ccc(Cl)cc2)n1)C1CC1. The van der Waals surface area contributed by atoms with Gasteiger partial charge in [-0.2, -0.15) is 0 Å². The number of amides is 1. The van der Waals surface area contributed by atoms with E-state index in [9.17, 15) is 4.79 Å². The number of thiazole rings is 1. The van der Waals surface area contributed by atoms with E-state index in [1.807, 2.05) is 24.3 Å². The minimum absolute atomic E-state index is 0. The number of carbonyl (C=O) groups excluding carboxylic acids is 1. The van der Waals surface area contributed by atoms with Crippen molar-refractivity contribution >= 4 is 53.7 Å². The topological polar surface area (TPSA) is 68.0 Å². The van der Waals surface area contributed by atoms with Gasteiger partial charge in [-0.15, -0.1) is 36.2 Å². The van der Waals surface area contributed by atoms with Crippen LogP contribution in [0.15, 0.2) is 29.6 Å². The van der Waals surface area contributed by atoms with Crippen LogP contribution in [0.1, 0.15) is 23.3 Å². The van der Waals surface area contributed by atoms with Gasteiger partial charge in [0.05, 0.1) is 0 Å². The Bertz CT molecular complexity index is 644. The molecule has 0 aliphatic heterocycles. The Morgan fingerprint density at radius 3 is 2.61 bits per heavy atom. The van der Waals surface area contributed by atoms with Gasteiger partial charge in [0.2, 0.25) is 0 Å². The number of aromatic nitrogens is 1. The van der Waals surface area contributed by atoms with E-state index in [-0.39, 0.29) is 36.8 Å². The van der Waals surface area contributed by atoms with Crippen LogP contribution < -0.4 is 11.1 Å². The molecule has 3 N–H and O–H groups in total. The molecule has 3 rings (SSSR count). The molecule has 0 radical (unpaired) electrons. The molecule has 1 aromatic carbocycles. The van der Waals surface area contributed by atoms with E-state index in [1.165, 1.54) is 24.2 Å². The first-order chi connectivity index (χ1) is 10.1. The lowest BCUT2D eigenvalue weighted by Crippen LogP contribution is -2.38. The first-order valence-electron chi connectivity index (χ1n) is 6.89. The third-order valence-electron chi connectivity index (χ3n) is 3.55. The van der Waals surface area contributed by atoms with Crippen molar-refractivity contribution in [3.63, 3.8) is 0 Å². The largest absolute Gasteiger partial charge is 0.349 e. The number of nitrogens with one attached hydrogen (secondary N) is 1. The number of hydrogen-bond donors (Lipinski definition) is 2. The Morgan fingerprint density at radius 2 is 2.00 bits per heavy atom. The molecule has 0 spiro atoms. The van der Waals surface area contributed by atoms with Crippen molar-refractivity contribution < 1.29 is 4.79 Å². The fraction of sp³-hybridized carbons (Fsp3) is 0.333. The number of nitrogens with zero attached hydrogens (tertiary/aromatic N) is 1. The van der Waals surface area contributed by atoms with Crippen LogP contribution in [-0.4, -0.2) is 23.5 Å². The minimum Gasteiger partial charge on any atom is -0.349 e. The Labute approximate surface area is 156 Å². The molecule has 1 fully saturated rings. The quantitative estimate of drug-likeness (QED) is 0.811. The van der Waals surface area contributed by atoms with E-state index in [0.29, 0.717) is 23.2 Å². The molecule has 1 heterocycles. The van der Waals surface area contributed by atoms with E-state index in [2.05, 4.69) is 10.3 Å². The summed E-state index contributed by atoms with van der Waals surface area (Å²) in [6, 6.07) is 7.47. The van der Waals surface area contributed by atoms with E-state index >= 15 is 0 Å². The zero-order valence-electron chi connectivity index (χ0n) is 12.2. The Hall–Kier alpha value is -0.850. The van der Waals surface area contributed by atoms with Crippen LogP contribution in [0.25, 0.3) is 10.6 Å². The lowest BCUT2D eigenvalue weighted by Gasteiger charge is -2.10. The number of hydrogen-bond acceptors (Lipinski definition) is 4. The van der Waals surface area contributed by atoms with Gasteiger partial charge in [-0.1, -0.05) is 23.7 Å². The molecule has 23 heavy (non-hydrogen) atoms. The van der Waals surface area contributed by atoms with Crippen molar-refractivity contribution in [3.8, 4) is 10.6 Å². The summed E-state index contributed by atoms with van der Waals surface area (Å²) in [6.45, 7) is 0.511. The predicted octanol–water partition coefficient (Wildman–Crippen LogP) is 3.77. The summed E-state index contributed by atoms with van der Waals surface area (Å²) in [5.41, 5.74) is 7.37. The highest BCUT2D eigenvalue weighted by atomic mass is 35.5. The Morgan fingerprint density at radius 1 is 1.35 bits per heavy atom. The second kappa shape index (κ2) is 8.85. The van der Waals surface area contributed by atoms with Crippen LogP contribution in [0, 0.1) is 5.92 Å². The summed E-state index contributed by atoms with van der Waals surface area (Å²) in [5.74, 6) is 0.410. The highest BCUT2D eigenvalue weighted by Crippen LogP contribution is 2.31. The van der Waals surface area contributed by atoms with Crippen LogP contribution in [0.4, 0.5) is 0 Å². The standard InChI is InChI=1S/C15H16ClN3OS.2ClH/c16-11-5-3-10(4-6-11)15-19-13(8-21-15)14(20)18-7-12(17)9-1-2-9;;/h3-6,8-9,12H,1-2,7,17H2,(H,18,20);2*1H. The van der Waals surface area contributed by atoms with Crippen LogP contribution in [0.2, 0.25) is 5.02 Å². The van der Waals surface area contributed by atoms with Gasteiger partial charge in [0.15, 0.2) is 0 Å². The van der Waals surface area contributed by atoms with Crippen LogP contribution in [-0.2, 0) is 0 Å². The minimum atomic E-state index is -0.164. The maximum absolute atomic E-state index is 12.0. The van der Waals surface area contributed by atoms with Crippen molar-refractivity contribution in [2.24, 2.45) is 11.7 Å². The number of benzene rings is 1. The van der Waals surface area contributed by atoms with Gasteiger partial charge in [0.25, 0.3) is 5.91 Å². The molecular weight excluding hydrogens is 377 g/mol. The molecule has 1 amide bonds. The average molecular weight is 395 g/mol. The number of carbonyl (C=O) groups is 1. The number of nitrogens with two attached hydrogens (primary N) is 1. The molecule has 4 nitrogen and oxygen atoms in total. The monoisotopic (exact) mass is 393 g/mol. The van der Waals surface area contributed by atoms with E-state index in [0.717, 1.165) is 10.6 Å². The van der Waals surface area contributed by atoms with Crippen molar-refractivity contribution in [2.75, 3.05) is 6.54 Å². The third-order valence-corrected chi connectivity index (χ3v) is 4.70. The molecule has 1 aliphatic carbocycles. The molecule has 1 unspecified atom stereocenters. The van der Waals surface area contributed by atoms with Crippen molar-refractivity contribution in [1.82, 2.24) is 10.3 Å². The van der Waals surface area contributed by atoms with E-state index < -0.39 is 0 Å². The predicted molar refractivity (Wildman–Crippen MR) is 100 cm³/mol. The summed E-state index contributed by atoms with van der Waals surface area (Å²) >= 11 is 7.31. The van der Waals surface area contributed by atoms with Gasteiger partial charge >= 0.3 is 0 Å². The van der Waals surface area contributed by atoms with Gasteiger partial charge in [-0.25, -0.2) is 4.98 Å². The Balaban J connectivity index is 0.00000132. The molecule has 1 aliphatic rings. The molecule has 2 aromatic rings. The molecular formula is C15H18Cl3N3OS. The number of halogens is 3. The fourth-order valence-corrected chi connectivity index (χ4v) is 3.03. The van der Waals surface area contributed by atoms with E-state index in [4.69, 9.17) is 17.3 Å². The molecule has 126 valence electrons. The van der Waals surface area contributed by atoms with Crippen molar-refractivity contribution in [3.05, 3.63) is 40.4 Å². The molecule has 0 saturated heterocycles. The van der Waals surface area contributed by atoms with Gasteiger partial charge in [0, 0.05) is 28.6 Å². The summed E-state index contributed by atoms with van der Waals surface area (Å²) in [7, 11) is 0. The molecule has 0 bridgehead atoms. The van der Waals surface area contributed by atoms with Crippen molar-refractivity contribution in [1.29, 1.82) is 0 Å². The molecule has 8 heteroatoms. The highest BCUT2D eigenvalue weighted by molar-refractivity contribution is 7.13. The number of rotatable bonds is 5. The molecule has 1 atom stereocenters. The third kappa shape index (κ3) is 5.33. The average Bonchev–Trinajstić information content (AvgIpc) is 3.23. The smallest absolute Gasteiger partial charge is 0.270 e. The lowest BCUT2D eigenvalue weighted by molar-refractivity contribution is 0.0946. The summed E-state index contributed by atoms with van der Waals surface area (Å²) in [5, 5.41) is 6.11. The van der Waals surface area contributed by atoms with Crippen LogP contribution >= 0.6 is 47.8 Å². The molecule has 1 aromatic heterocycles. The highest BCUT2D eigenvalue weighted by Gasteiger charge is 2.28. The van der Waals surface area contributed by atoms with Gasteiger partial charge in [-0.05, 0) is 30.9 Å². The second-order valence-electron chi connectivity index (χ2n) is 5.26. The Kier molecular flexibility index (Phi) is 7.77. The van der Waals surface area contributed by atoms with Crippen LogP contribution in [0.5, 0.6) is 0 Å². The summed E-state index contributed by atoms with van der Waals surface area (Å²) in [4.78, 5) is 16.4. The maximum atomic E-state index is 12.0. The van der Waals surface area contributed by atoms with Gasteiger partial charge in [0.1, 0.15) is 10.7 Å². The normalized spacial score (nSPS) is 14.3. The first-order valence-corrected chi connectivity index (χ1v) is 8.14. The fourth-order valence-electron chi connectivity index (χ4n) is 2.10. The summed E-state index contributed by atoms with van der Waals surface area (Å²) < 4.78 is 0. The zero-order valence-corrected chi connectivity index (χ0v) is 15.4. The van der Waals surface area contributed by atoms with Crippen molar-refractivity contribution in [2.45, 2.75) is 18.9 Å². The summed E-state index contributed by atoms with van der Waals surface area (Å²) in [6.07, 6.45) is 2.35. The lowest BCUT2D eigenvalue weighted by atomic mass is 10.2. The van der Waals surface area contributed by atoms with Gasteiger partial charge < -0.3 is 11.1 Å². The van der Waals surface area contributed by atoms with Gasteiger partial charge in [-0.3, -0.25) is 4.79 Å². The van der Waals surface area contributed by atoms with E-state index in [1.54, 1.807) is 5.38 Å². The van der Waals surface area contributed by atoms with Crippen LogP contribution in [0.3, 0.4) is 0 Å².